The van der Waals surface area contributed by atoms with Gasteiger partial charge in [-0.1, -0.05) is 42.6 Å². The number of carbonyl (C=O) groups is 1. The van der Waals surface area contributed by atoms with Crippen molar-refractivity contribution in [1.82, 2.24) is 0 Å². The molecule has 0 spiro atoms. The molecule has 108 valence electrons. The van der Waals surface area contributed by atoms with Crippen LogP contribution in [0.5, 0.6) is 0 Å². The van der Waals surface area contributed by atoms with Gasteiger partial charge >= 0.3 is 0 Å². The Hall–Kier alpha value is -0.860. The SMILES string of the molecule is CCCC(C#N)(CCC)C(=O)Nc1ccc(Br)cc1Br. The van der Waals surface area contributed by atoms with E-state index in [1.165, 1.54) is 0 Å². The first-order chi connectivity index (χ1) is 9.49. The normalized spacial score (nSPS) is 10.9. The van der Waals surface area contributed by atoms with Crippen LogP contribution < -0.4 is 5.32 Å². The smallest absolute Gasteiger partial charge is 0.244 e. The summed E-state index contributed by atoms with van der Waals surface area (Å²) in [5.74, 6) is -0.216. The summed E-state index contributed by atoms with van der Waals surface area (Å²) in [4.78, 5) is 12.5. The average molecular weight is 402 g/mol. The van der Waals surface area contributed by atoms with Crippen molar-refractivity contribution < 1.29 is 4.79 Å². The fraction of sp³-hybridized carbons (Fsp3) is 0.467. The molecule has 0 aliphatic rings. The summed E-state index contributed by atoms with van der Waals surface area (Å²) in [6.07, 6.45) is 2.78. The van der Waals surface area contributed by atoms with E-state index in [-0.39, 0.29) is 5.91 Å². The molecule has 1 rings (SSSR count). The molecular formula is C15H18Br2N2O. The molecule has 0 unspecified atom stereocenters. The Kier molecular flexibility index (Phi) is 6.70. The second-order valence-corrected chi connectivity index (χ2v) is 6.54. The average Bonchev–Trinajstić information content (AvgIpc) is 2.41. The maximum atomic E-state index is 12.5. The van der Waals surface area contributed by atoms with Gasteiger partial charge in [-0.2, -0.15) is 5.26 Å². The topological polar surface area (TPSA) is 52.9 Å². The van der Waals surface area contributed by atoms with Gasteiger partial charge in [0, 0.05) is 8.95 Å². The van der Waals surface area contributed by atoms with Crippen LogP contribution >= 0.6 is 31.9 Å². The van der Waals surface area contributed by atoms with Crippen LogP contribution in [0.15, 0.2) is 27.1 Å². The van der Waals surface area contributed by atoms with Crippen molar-refractivity contribution >= 4 is 43.5 Å². The zero-order valence-corrected chi connectivity index (χ0v) is 14.8. The van der Waals surface area contributed by atoms with Gasteiger partial charge in [0.2, 0.25) is 5.91 Å². The summed E-state index contributed by atoms with van der Waals surface area (Å²) in [6, 6.07) is 7.76. The monoisotopic (exact) mass is 400 g/mol. The van der Waals surface area contributed by atoms with Crippen molar-refractivity contribution in [2.75, 3.05) is 5.32 Å². The van der Waals surface area contributed by atoms with Gasteiger partial charge in [0.05, 0.1) is 11.8 Å². The highest BCUT2D eigenvalue weighted by Crippen LogP contribution is 2.33. The molecule has 1 aromatic carbocycles. The quantitative estimate of drug-likeness (QED) is 0.706. The highest BCUT2D eigenvalue weighted by atomic mass is 79.9. The van der Waals surface area contributed by atoms with Gasteiger partial charge in [0.1, 0.15) is 5.41 Å². The fourth-order valence-electron chi connectivity index (χ4n) is 2.20. The Morgan fingerprint density at radius 1 is 1.30 bits per heavy atom. The lowest BCUT2D eigenvalue weighted by Crippen LogP contribution is -2.35. The largest absolute Gasteiger partial charge is 0.324 e. The highest BCUT2D eigenvalue weighted by Gasteiger charge is 2.37. The first-order valence-electron chi connectivity index (χ1n) is 6.67. The molecule has 0 fully saturated rings. The van der Waals surface area contributed by atoms with Gasteiger partial charge in [0.25, 0.3) is 0 Å². The molecular weight excluding hydrogens is 384 g/mol. The molecule has 20 heavy (non-hydrogen) atoms. The number of nitrogens with one attached hydrogen (secondary N) is 1. The molecule has 5 heteroatoms. The van der Waals surface area contributed by atoms with Crippen molar-refractivity contribution in [3.8, 4) is 6.07 Å². The molecule has 0 radical (unpaired) electrons. The van der Waals surface area contributed by atoms with Crippen molar-refractivity contribution in [1.29, 1.82) is 5.26 Å². The molecule has 0 heterocycles. The lowest BCUT2D eigenvalue weighted by molar-refractivity contribution is -0.123. The molecule has 0 saturated carbocycles. The molecule has 0 aromatic heterocycles. The maximum absolute atomic E-state index is 12.5. The zero-order valence-electron chi connectivity index (χ0n) is 11.7. The molecule has 0 aliphatic carbocycles. The first kappa shape index (κ1) is 17.2. The number of hydrogen-bond acceptors (Lipinski definition) is 2. The van der Waals surface area contributed by atoms with Gasteiger partial charge in [-0.3, -0.25) is 4.79 Å². The second kappa shape index (κ2) is 7.80. The predicted molar refractivity (Wildman–Crippen MR) is 88.3 cm³/mol. The Balaban J connectivity index is 2.99. The van der Waals surface area contributed by atoms with Gasteiger partial charge in [0.15, 0.2) is 0 Å². The number of nitrogens with zero attached hydrogens (tertiary/aromatic N) is 1. The van der Waals surface area contributed by atoms with Crippen LogP contribution in [0.2, 0.25) is 0 Å². The second-order valence-electron chi connectivity index (χ2n) is 4.77. The van der Waals surface area contributed by atoms with Crippen LogP contribution in [0.25, 0.3) is 0 Å². The molecule has 0 atom stereocenters. The predicted octanol–water partition coefficient (Wildman–Crippen LogP) is 5.26. The third-order valence-corrected chi connectivity index (χ3v) is 4.33. The van der Waals surface area contributed by atoms with Crippen LogP contribution in [0, 0.1) is 16.7 Å². The van der Waals surface area contributed by atoms with Crippen molar-refractivity contribution in [2.45, 2.75) is 39.5 Å². The summed E-state index contributed by atoms with van der Waals surface area (Å²) < 4.78 is 1.72. The number of halogens is 2. The Labute approximate surface area is 137 Å². The van der Waals surface area contributed by atoms with Crippen LogP contribution in [-0.2, 0) is 4.79 Å². The lowest BCUT2D eigenvalue weighted by atomic mass is 9.79. The Morgan fingerprint density at radius 2 is 1.90 bits per heavy atom. The number of anilines is 1. The molecule has 1 N–H and O–H groups in total. The third-order valence-electron chi connectivity index (χ3n) is 3.18. The standard InChI is InChI=1S/C15H18Br2N2O/c1-3-7-15(10-18,8-4-2)14(20)19-13-6-5-11(16)9-12(13)17/h5-6,9H,3-4,7-8H2,1-2H3,(H,19,20). The van der Waals surface area contributed by atoms with E-state index in [0.717, 1.165) is 21.8 Å². The number of amides is 1. The number of nitriles is 1. The van der Waals surface area contributed by atoms with E-state index < -0.39 is 5.41 Å². The van der Waals surface area contributed by atoms with E-state index in [9.17, 15) is 10.1 Å². The molecule has 3 nitrogen and oxygen atoms in total. The number of hydrogen-bond donors (Lipinski definition) is 1. The van der Waals surface area contributed by atoms with Crippen LogP contribution in [0.3, 0.4) is 0 Å². The number of carbonyl (C=O) groups excluding carboxylic acids is 1. The minimum atomic E-state index is -0.935. The van der Waals surface area contributed by atoms with E-state index in [1.807, 2.05) is 32.0 Å². The minimum Gasteiger partial charge on any atom is -0.324 e. The molecule has 0 aliphatic heterocycles. The fourth-order valence-corrected chi connectivity index (χ4v) is 3.35. The van der Waals surface area contributed by atoms with Crippen molar-refractivity contribution in [3.63, 3.8) is 0 Å². The van der Waals surface area contributed by atoms with E-state index >= 15 is 0 Å². The summed E-state index contributed by atoms with van der Waals surface area (Å²) in [7, 11) is 0. The van der Waals surface area contributed by atoms with Crippen LogP contribution in [-0.4, -0.2) is 5.91 Å². The summed E-state index contributed by atoms with van der Waals surface area (Å²) in [5, 5.41) is 12.3. The van der Waals surface area contributed by atoms with Gasteiger partial charge in [-0.25, -0.2) is 0 Å². The Bertz CT molecular complexity index is 517. The molecule has 1 amide bonds. The van der Waals surface area contributed by atoms with Crippen molar-refractivity contribution in [2.24, 2.45) is 5.41 Å². The zero-order chi connectivity index (χ0) is 15.2. The van der Waals surface area contributed by atoms with Crippen molar-refractivity contribution in [3.05, 3.63) is 27.1 Å². The number of benzene rings is 1. The van der Waals surface area contributed by atoms with E-state index in [0.29, 0.717) is 18.5 Å². The minimum absolute atomic E-state index is 0.216. The van der Waals surface area contributed by atoms with Gasteiger partial charge in [-0.15, -0.1) is 0 Å². The summed E-state index contributed by atoms with van der Waals surface area (Å²) >= 11 is 6.78. The third kappa shape index (κ3) is 4.07. The van der Waals surface area contributed by atoms with Gasteiger partial charge in [-0.05, 0) is 47.0 Å². The Morgan fingerprint density at radius 3 is 2.35 bits per heavy atom. The van der Waals surface area contributed by atoms with E-state index in [4.69, 9.17) is 0 Å². The maximum Gasteiger partial charge on any atom is 0.244 e. The van der Waals surface area contributed by atoms with E-state index in [1.54, 1.807) is 0 Å². The van der Waals surface area contributed by atoms with Gasteiger partial charge < -0.3 is 5.32 Å². The molecule has 0 saturated heterocycles. The first-order valence-corrected chi connectivity index (χ1v) is 8.25. The lowest BCUT2D eigenvalue weighted by Gasteiger charge is -2.24. The summed E-state index contributed by atoms with van der Waals surface area (Å²) in [5.41, 5.74) is -0.249. The highest BCUT2D eigenvalue weighted by molar-refractivity contribution is 9.11. The number of rotatable bonds is 6. The van der Waals surface area contributed by atoms with E-state index in [2.05, 4.69) is 43.2 Å². The van der Waals surface area contributed by atoms with Crippen LogP contribution in [0.4, 0.5) is 5.69 Å². The van der Waals surface area contributed by atoms with Crippen LogP contribution in [0.1, 0.15) is 39.5 Å². The molecule has 1 aromatic rings. The molecule has 0 bridgehead atoms. The summed E-state index contributed by atoms with van der Waals surface area (Å²) in [6.45, 7) is 3.98.